The van der Waals surface area contributed by atoms with Crippen molar-refractivity contribution in [2.45, 2.75) is 111 Å². The van der Waals surface area contributed by atoms with Crippen LogP contribution >= 0.6 is 0 Å². The molecule has 3 aromatic carbocycles. The third-order valence-electron chi connectivity index (χ3n) is 8.27. The Labute approximate surface area is 215 Å². The van der Waals surface area contributed by atoms with Gasteiger partial charge in [0.25, 0.3) is 0 Å². The zero-order valence-electron chi connectivity index (χ0n) is 23.9. The number of fused-ring (bicyclic) bond motifs is 3. The average molecular weight is 467 g/mol. The lowest BCUT2D eigenvalue weighted by molar-refractivity contribution is 0.432. The van der Waals surface area contributed by atoms with E-state index in [9.17, 15) is 0 Å². The lowest BCUT2D eigenvalue weighted by atomic mass is 9.64. The summed E-state index contributed by atoms with van der Waals surface area (Å²) in [5.74, 6) is 0. The molecule has 0 saturated carbocycles. The molecule has 0 radical (unpaired) electrons. The van der Waals surface area contributed by atoms with Gasteiger partial charge in [0.1, 0.15) is 0 Å². The first-order chi connectivity index (χ1) is 16.4. The van der Waals surface area contributed by atoms with E-state index in [1.54, 1.807) is 16.7 Å². The maximum absolute atomic E-state index is 2.52. The number of benzene rings is 3. The normalized spacial score (nSPS) is 18.5. The fraction of sp³-hybridized carbons (Fsp3) is 0.486. The Bertz CT molecular complexity index is 1210. The van der Waals surface area contributed by atoms with Gasteiger partial charge < -0.3 is 0 Å². The van der Waals surface area contributed by atoms with Crippen LogP contribution in [0.2, 0.25) is 0 Å². The van der Waals surface area contributed by atoms with Gasteiger partial charge in [-0.15, -0.1) is 0 Å². The highest BCUT2D eigenvalue weighted by Crippen LogP contribution is 2.57. The largest absolute Gasteiger partial charge is 0.0683 e. The van der Waals surface area contributed by atoms with Gasteiger partial charge in [-0.3, -0.25) is 0 Å². The third kappa shape index (κ3) is 4.39. The van der Waals surface area contributed by atoms with E-state index in [4.69, 9.17) is 0 Å². The van der Waals surface area contributed by atoms with Crippen LogP contribution in [0.25, 0.3) is 11.1 Å². The molecule has 0 aromatic heterocycles. The van der Waals surface area contributed by atoms with E-state index in [1.807, 2.05) is 13.8 Å². The molecule has 0 amide bonds. The summed E-state index contributed by atoms with van der Waals surface area (Å²) in [7, 11) is 0. The Hall–Kier alpha value is -2.34. The van der Waals surface area contributed by atoms with E-state index in [0.29, 0.717) is 0 Å². The maximum atomic E-state index is 2.52. The number of hydrogen-bond acceptors (Lipinski definition) is 0. The molecule has 35 heavy (non-hydrogen) atoms. The van der Waals surface area contributed by atoms with Gasteiger partial charge in [-0.05, 0) is 100 Å². The van der Waals surface area contributed by atoms with Gasteiger partial charge in [0.2, 0.25) is 0 Å². The lowest BCUT2D eigenvalue weighted by Gasteiger charge is -2.39. The molecule has 5 rings (SSSR count). The minimum atomic E-state index is 0.0992. The number of aryl methyl sites for hydroxylation is 2. The summed E-state index contributed by atoms with van der Waals surface area (Å²) in [4.78, 5) is 0. The molecule has 0 saturated heterocycles. The summed E-state index contributed by atoms with van der Waals surface area (Å²) in [6, 6.07) is 19.4. The quantitative estimate of drug-likeness (QED) is 0.352. The molecule has 0 aliphatic heterocycles. The molecule has 0 spiro atoms. The Kier molecular flexibility index (Phi) is 6.58. The zero-order chi connectivity index (χ0) is 25.8. The first-order valence-corrected chi connectivity index (χ1v) is 13.8. The van der Waals surface area contributed by atoms with Crippen LogP contribution in [0.15, 0.2) is 48.5 Å². The summed E-state index contributed by atoms with van der Waals surface area (Å²) in [6.07, 6.45) is 4.84. The first-order valence-electron chi connectivity index (χ1n) is 13.8. The van der Waals surface area contributed by atoms with Gasteiger partial charge in [0.05, 0.1) is 0 Å². The molecular weight excluding hydrogens is 420 g/mol. The highest BCUT2D eigenvalue weighted by molar-refractivity contribution is 5.84. The first kappa shape index (κ1) is 25.7. The van der Waals surface area contributed by atoms with Gasteiger partial charge in [-0.2, -0.15) is 0 Å². The van der Waals surface area contributed by atoms with Crippen molar-refractivity contribution in [3.8, 4) is 11.1 Å². The van der Waals surface area contributed by atoms with Gasteiger partial charge in [-0.1, -0.05) is 109 Å². The molecule has 2 aliphatic carbocycles. The maximum Gasteiger partial charge on any atom is 0.0258 e. The summed E-state index contributed by atoms with van der Waals surface area (Å²) >= 11 is 0. The lowest BCUT2D eigenvalue weighted by Crippen LogP contribution is -2.33. The standard InChI is InChI=1S/C33H40.C2H6/c1-21-11-13-27-28-14-12-22(2)26-10-9-15-33(30(26)28,29(27)16-21)20-23-17-24(31(3,4)5)19-25(18-23)32(6,7)8;1-2/h11-14,16-19H,9-10,15,20H2,1-8H3;1-2H3. The van der Waals surface area contributed by atoms with Gasteiger partial charge >= 0.3 is 0 Å². The van der Waals surface area contributed by atoms with Crippen LogP contribution < -0.4 is 0 Å². The molecule has 0 nitrogen and oxygen atoms in total. The predicted octanol–water partition coefficient (Wildman–Crippen LogP) is 9.77. The van der Waals surface area contributed by atoms with Crippen LogP contribution in [-0.2, 0) is 29.1 Å². The Morgan fingerprint density at radius 3 is 1.94 bits per heavy atom. The fourth-order valence-corrected chi connectivity index (χ4v) is 6.38. The van der Waals surface area contributed by atoms with Crippen LogP contribution in [0.3, 0.4) is 0 Å². The van der Waals surface area contributed by atoms with Crippen molar-refractivity contribution >= 4 is 0 Å². The highest BCUT2D eigenvalue weighted by Gasteiger charge is 2.46. The van der Waals surface area contributed by atoms with Crippen molar-refractivity contribution in [3.63, 3.8) is 0 Å². The molecule has 1 unspecified atom stereocenters. The topological polar surface area (TPSA) is 0 Å². The third-order valence-corrected chi connectivity index (χ3v) is 8.27. The second-order valence-corrected chi connectivity index (χ2v) is 12.9. The highest BCUT2D eigenvalue weighted by atomic mass is 14.5. The second kappa shape index (κ2) is 8.95. The van der Waals surface area contributed by atoms with Crippen LogP contribution in [0, 0.1) is 13.8 Å². The molecule has 1 atom stereocenters. The monoisotopic (exact) mass is 466 g/mol. The van der Waals surface area contributed by atoms with Crippen molar-refractivity contribution in [2.75, 3.05) is 0 Å². The van der Waals surface area contributed by atoms with E-state index < -0.39 is 0 Å². The van der Waals surface area contributed by atoms with Gasteiger partial charge in [0.15, 0.2) is 0 Å². The molecule has 186 valence electrons. The predicted molar refractivity (Wildman–Crippen MR) is 154 cm³/mol. The van der Waals surface area contributed by atoms with E-state index in [-0.39, 0.29) is 16.2 Å². The molecular formula is C35H46. The smallest absolute Gasteiger partial charge is 0.0258 e. The number of rotatable bonds is 2. The minimum Gasteiger partial charge on any atom is -0.0683 e. The summed E-state index contributed by atoms with van der Waals surface area (Å²) in [6.45, 7) is 22.7. The van der Waals surface area contributed by atoms with E-state index >= 15 is 0 Å². The van der Waals surface area contributed by atoms with Crippen LogP contribution in [0.1, 0.15) is 113 Å². The van der Waals surface area contributed by atoms with E-state index in [2.05, 4.69) is 104 Å². The molecule has 3 aromatic rings. The second-order valence-electron chi connectivity index (χ2n) is 12.9. The molecule has 2 aliphatic rings. The van der Waals surface area contributed by atoms with Crippen LogP contribution in [-0.4, -0.2) is 0 Å². The Morgan fingerprint density at radius 2 is 1.34 bits per heavy atom. The van der Waals surface area contributed by atoms with Crippen molar-refractivity contribution in [1.29, 1.82) is 0 Å². The SMILES string of the molecule is CC.Cc1ccc2c(c1)C1(Cc3cc(C(C)(C)C)cc(C(C)(C)C)c3)CCCc3c(C)ccc-2c31. The van der Waals surface area contributed by atoms with Crippen LogP contribution in [0.4, 0.5) is 0 Å². The zero-order valence-corrected chi connectivity index (χ0v) is 23.9. The molecule has 0 N–H and O–H groups in total. The van der Waals surface area contributed by atoms with Crippen molar-refractivity contribution < 1.29 is 0 Å². The molecule has 0 fully saturated rings. The van der Waals surface area contributed by atoms with Gasteiger partial charge in [0, 0.05) is 5.41 Å². The average Bonchev–Trinajstić information content (AvgIpc) is 3.06. The molecule has 0 heteroatoms. The van der Waals surface area contributed by atoms with Crippen molar-refractivity contribution in [3.05, 3.63) is 93.0 Å². The molecule has 0 bridgehead atoms. The van der Waals surface area contributed by atoms with Crippen LogP contribution in [0.5, 0.6) is 0 Å². The minimum absolute atomic E-state index is 0.0992. The van der Waals surface area contributed by atoms with Crippen molar-refractivity contribution in [1.82, 2.24) is 0 Å². The van der Waals surface area contributed by atoms with Crippen molar-refractivity contribution in [2.24, 2.45) is 0 Å². The van der Waals surface area contributed by atoms with Gasteiger partial charge in [-0.25, -0.2) is 0 Å². The Balaban J connectivity index is 0.00000141. The van der Waals surface area contributed by atoms with E-state index in [1.165, 1.54) is 58.2 Å². The fourth-order valence-electron chi connectivity index (χ4n) is 6.38. The summed E-state index contributed by atoms with van der Waals surface area (Å²) < 4.78 is 0. The van der Waals surface area contributed by atoms with E-state index in [0.717, 1.165) is 6.42 Å². The number of hydrogen-bond donors (Lipinski definition) is 0. The molecule has 0 heterocycles. The summed E-state index contributed by atoms with van der Waals surface area (Å²) in [5.41, 5.74) is 15.5. The Morgan fingerprint density at radius 1 is 0.743 bits per heavy atom. The summed E-state index contributed by atoms with van der Waals surface area (Å²) in [5, 5.41) is 0.